The van der Waals surface area contributed by atoms with Crippen LogP contribution in [0.2, 0.25) is 0 Å². The topological polar surface area (TPSA) is 74.9 Å². The van der Waals surface area contributed by atoms with E-state index < -0.39 is 60.9 Å². The van der Waals surface area contributed by atoms with Crippen LogP contribution >= 0.6 is 0 Å². The fourth-order valence-electron chi connectivity index (χ4n) is 3.83. The van der Waals surface area contributed by atoms with E-state index in [1.54, 1.807) is 0 Å². The monoisotopic (exact) mass is 398 g/mol. The number of nitrogens with one attached hydrogen (secondary N) is 1. The zero-order chi connectivity index (χ0) is 27.7. The number of hydrogen-bond acceptors (Lipinski definition) is 4. The van der Waals surface area contributed by atoms with Gasteiger partial charge in [-0.1, -0.05) is 24.2 Å². The third kappa shape index (κ3) is 2.24. The van der Waals surface area contributed by atoms with Gasteiger partial charge in [0.1, 0.15) is 6.04 Å². The molecule has 2 aromatic carbocycles. The number of fused-ring (bicyclic) bond motifs is 5. The molecule has 0 bridgehead atoms. The molecule has 0 spiro atoms. The Balaban J connectivity index is 1.79. The predicted octanol–water partition coefficient (Wildman–Crippen LogP) is 2.21. The first-order valence-corrected chi connectivity index (χ1v) is 8.81. The summed E-state index contributed by atoms with van der Waals surface area (Å²) in [7, 11) is 1.02. The first-order chi connectivity index (χ1) is 17.7. The lowest BCUT2D eigenvalue weighted by molar-refractivity contribution is -0.157. The number of aromatic nitrogens is 1. The van der Waals surface area contributed by atoms with E-state index in [4.69, 9.17) is 20.4 Å². The average molecular weight is 398 g/mol. The summed E-state index contributed by atoms with van der Waals surface area (Å²) in [6.45, 7) is -3.02. The molecule has 146 valence electrons. The van der Waals surface area contributed by atoms with E-state index in [0.717, 1.165) is 7.05 Å². The Morgan fingerprint density at radius 2 is 2.07 bits per heavy atom. The van der Waals surface area contributed by atoms with Crippen LogP contribution in [0.4, 0.5) is 0 Å². The highest BCUT2D eigenvalue weighted by Crippen LogP contribution is 2.44. The summed E-state index contributed by atoms with van der Waals surface area (Å²) in [5.74, 6) is -1.91. The molecule has 3 aromatic rings. The summed E-state index contributed by atoms with van der Waals surface area (Å²) in [4.78, 5) is 31.0. The van der Waals surface area contributed by atoms with Gasteiger partial charge in [-0.05, 0) is 29.3 Å². The van der Waals surface area contributed by atoms with Crippen LogP contribution in [0.5, 0.6) is 11.5 Å². The number of carbonyl (C=O) groups is 2. The van der Waals surface area contributed by atoms with Crippen molar-refractivity contribution in [2.75, 3.05) is 20.3 Å². The number of benzene rings is 2. The van der Waals surface area contributed by atoms with Gasteiger partial charge in [-0.15, -0.1) is 0 Å². The number of ether oxygens (including phenoxy) is 2. The Morgan fingerprint density at radius 1 is 1.24 bits per heavy atom. The van der Waals surface area contributed by atoms with Crippen LogP contribution in [0.15, 0.2) is 42.4 Å². The minimum absolute atomic E-state index is 0.00758. The van der Waals surface area contributed by atoms with Crippen LogP contribution in [0.1, 0.15) is 35.2 Å². The second kappa shape index (κ2) is 5.76. The normalized spacial score (nSPS) is 33.3. The molecule has 2 atom stereocenters. The van der Waals surface area contributed by atoms with Crippen LogP contribution < -0.4 is 9.47 Å². The Morgan fingerprint density at radius 3 is 2.97 bits per heavy atom. The number of aromatic amines is 1. The summed E-state index contributed by atoms with van der Waals surface area (Å²) >= 11 is 0. The number of para-hydroxylation sites is 1. The number of piperazine rings is 1. The summed E-state index contributed by atoms with van der Waals surface area (Å²) in [6.07, 6.45) is -2.79. The standard InChI is InChI=1S/C22H19N3O4/c1-24-10-19(26)25-16(22(24)27)9-14-13-4-2-3-5-15(13)23-20(14)21(25)12-6-7-17-18(8-12)29-11-28-17/h2-8,16,21,23H,9-11H2,1H3/t16-,21-/m1/s1/i2D,3D,4D,5D,9D2,10D2,21D. The van der Waals surface area contributed by atoms with Crippen molar-refractivity contribution < 1.29 is 31.4 Å². The molecule has 6 rings (SSSR count). The van der Waals surface area contributed by atoms with E-state index in [0.29, 0.717) is 15.5 Å². The molecule has 1 fully saturated rings. The van der Waals surface area contributed by atoms with Crippen molar-refractivity contribution in [3.05, 3.63) is 59.2 Å². The van der Waals surface area contributed by atoms with Crippen LogP contribution in [-0.2, 0) is 16.0 Å². The Labute approximate surface area is 179 Å². The molecule has 29 heavy (non-hydrogen) atoms. The molecule has 1 aromatic heterocycles. The van der Waals surface area contributed by atoms with Gasteiger partial charge in [0.05, 0.1) is 22.1 Å². The van der Waals surface area contributed by atoms with Crippen molar-refractivity contribution in [2.45, 2.75) is 18.4 Å². The van der Waals surface area contributed by atoms with Gasteiger partial charge >= 0.3 is 0 Å². The van der Waals surface area contributed by atoms with E-state index >= 15 is 0 Å². The van der Waals surface area contributed by atoms with Crippen LogP contribution in [0.25, 0.3) is 10.9 Å². The van der Waals surface area contributed by atoms with Crippen molar-refractivity contribution in [1.29, 1.82) is 0 Å². The van der Waals surface area contributed by atoms with E-state index in [9.17, 15) is 11.0 Å². The van der Waals surface area contributed by atoms with E-state index in [-0.39, 0.29) is 40.3 Å². The van der Waals surface area contributed by atoms with Gasteiger partial charge in [0.15, 0.2) is 11.5 Å². The Hall–Kier alpha value is -3.48. The van der Waals surface area contributed by atoms with Gasteiger partial charge in [-0.25, -0.2) is 0 Å². The van der Waals surface area contributed by atoms with Crippen molar-refractivity contribution in [3.63, 3.8) is 0 Å². The number of amides is 2. The molecule has 3 aliphatic rings. The number of rotatable bonds is 1. The minimum Gasteiger partial charge on any atom is -0.454 e. The molecule has 4 heterocycles. The SMILES string of the molecule is [2H]c1c([2H])c([2H])c2c3c([nH]c2c1[2H])[C@@]([2H])(c1ccc2c(c1)OCO2)N1C(=O)C([2H])([2H])N(C)C(=O)[C@H]1C3([2H])[2H]. The number of carbonyl (C=O) groups excluding carboxylic acids is 2. The molecule has 3 aliphatic heterocycles. The fraction of sp³-hybridized carbons (Fsp3) is 0.273. The maximum Gasteiger partial charge on any atom is 0.245 e. The third-order valence-electron chi connectivity index (χ3n) is 5.15. The summed E-state index contributed by atoms with van der Waals surface area (Å²) in [6, 6.07) is -2.63. The Kier molecular flexibility index (Phi) is 1.95. The smallest absolute Gasteiger partial charge is 0.245 e. The molecular weight excluding hydrogens is 370 g/mol. The lowest BCUT2D eigenvalue weighted by Crippen LogP contribution is -2.62. The summed E-state index contributed by atoms with van der Waals surface area (Å²) in [5.41, 5.74) is -0.934. The first kappa shape index (κ1) is 9.82. The first-order valence-electron chi connectivity index (χ1n) is 13.3. The lowest BCUT2D eigenvalue weighted by Gasteiger charge is -2.46. The maximum absolute atomic E-state index is 13.7. The molecule has 2 amide bonds. The third-order valence-corrected chi connectivity index (χ3v) is 5.15. The van der Waals surface area contributed by atoms with Gasteiger partial charge in [-0.2, -0.15) is 0 Å². The van der Waals surface area contributed by atoms with Crippen molar-refractivity contribution in [3.8, 4) is 11.5 Å². The summed E-state index contributed by atoms with van der Waals surface area (Å²) < 4.78 is 88.2. The van der Waals surface area contributed by atoms with Gasteiger partial charge in [0.25, 0.3) is 0 Å². The fourth-order valence-corrected chi connectivity index (χ4v) is 3.83. The number of hydrogen-bond donors (Lipinski definition) is 1. The molecule has 0 saturated carbocycles. The largest absolute Gasteiger partial charge is 0.454 e. The van der Waals surface area contributed by atoms with Crippen molar-refractivity contribution >= 4 is 22.7 Å². The zero-order valence-corrected chi connectivity index (χ0v) is 15.0. The number of nitrogens with zero attached hydrogens (tertiary/aromatic N) is 2. The van der Waals surface area contributed by atoms with E-state index in [2.05, 4.69) is 4.98 Å². The van der Waals surface area contributed by atoms with Crippen molar-refractivity contribution in [1.82, 2.24) is 14.8 Å². The molecule has 1 saturated heterocycles. The Bertz CT molecular complexity index is 1610. The average Bonchev–Trinajstić information content (AvgIpc) is 3.51. The number of H-pyrrole nitrogens is 1. The van der Waals surface area contributed by atoms with Gasteiger partial charge in [0.2, 0.25) is 18.6 Å². The molecule has 7 nitrogen and oxygen atoms in total. The van der Waals surface area contributed by atoms with Crippen LogP contribution in [0.3, 0.4) is 0 Å². The molecule has 0 unspecified atom stereocenters. The molecule has 1 N–H and O–H groups in total. The molecule has 0 radical (unpaired) electrons. The zero-order valence-electron chi connectivity index (χ0n) is 24.0. The number of likely N-dealkylation sites (N-methyl/N-ethyl adjacent to an activating group) is 1. The van der Waals surface area contributed by atoms with E-state index in [1.165, 1.54) is 18.2 Å². The second-order valence-corrected chi connectivity index (χ2v) is 6.77. The highest BCUT2D eigenvalue weighted by Gasteiger charge is 2.47. The van der Waals surface area contributed by atoms with Gasteiger partial charge in [-0.3, -0.25) is 9.59 Å². The highest BCUT2D eigenvalue weighted by molar-refractivity contribution is 5.97. The van der Waals surface area contributed by atoms with Gasteiger partial charge in [0, 0.05) is 32.8 Å². The maximum atomic E-state index is 13.7. The molecule has 7 heteroatoms. The summed E-state index contributed by atoms with van der Waals surface area (Å²) in [5, 5.41) is -0.260. The lowest BCUT2D eigenvalue weighted by atomic mass is 9.86. The minimum atomic E-state index is -2.92. The second-order valence-electron chi connectivity index (χ2n) is 6.77. The van der Waals surface area contributed by atoms with Gasteiger partial charge < -0.3 is 24.3 Å². The predicted molar refractivity (Wildman–Crippen MR) is 105 cm³/mol. The van der Waals surface area contributed by atoms with Crippen LogP contribution in [-0.4, -0.2) is 53.0 Å². The van der Waals surface area contributed by atoms with E-state index in [1.807, 2.05) is 0 Å². The van der Waals surface area contributed by atoms with Crippen molar-refractivity contribution in [2.24, 2.45) is 0 Å². The quantitative estimate of drug-likeness (QED) is 0.682. The highest BCUT2D eigenvalue weighted by atomic mass is 16.7. The van der Waals surface area contributed by atoms with Crippen LogP contribution in [0, 0.1) is 0 Å². The molecule has 0 aliphatic carbocycles. The molecular formula is C22H19N3O4.